The van der Waals surface area contributed by atoms with Crippen LogP contribution < -0.4 is 0 Å². The average molecular weight is 415 g/mol. The van der Waals surface area contributed by atoms with Gasteiger partial charge in [-0.05, 0) is 68.4 Å². The zero-order chi connectivity index (χ0) is 20.6. The van der Waals surface area contributed by atoms with Gasteiger partial charge in [0.1, 0.15) is 5.60 Å². The first-order valence-corrected chi connectivity index (χ1v) is 11.9. The fourth-order valence-electron chi connectivity index (χ4n) is 7.77. The van der Waals surface area contributed by atoms with Crippen LogP contribution in [0.25, 0.3) is 0 Å². The number of hydrogen-bond acceptors (Lipinski definition) is 5. The predicted molar refractivity (Wildman–Crippen MR) is 112 cm³/mol. The molecule has 0 radical (unpaired) electrons. The van der Waals surface area contributed by atoms with Gasteiger partial charge in [-0.25, -0.2) is 0 Å². The van der Waals surface area contributed by atoms with Crippen molar-refractivity contribution in [3.63, 3.8) is 0 Å². The molecule has 4 unspecified atom stereocenters. The standard InChI is InChI=1S/C24H30O4S/c1-14(25)29-19-13-15-12-16(26)4-8-22(15,2)17-5-9-23(3)18(21(17)19)6-10-24(23)11-7-20(27)28-24/h4,8,12,17-19,21H,5-7,9-11,13H2,1-3H3/t17?,18?,19-,21?,22+,23+,24?/m1/s1. The van der Waals surface area contributed by atoms with E-state index in [-0.39, 0.29) is 38.5 Å². The van der Waals surface area contributed by atoms with Gasteiger partial charge in [0.25, 0.3) is 0 Å². The highest BCUT2D eigenvalue weighted by Crippen LogP contribution is 2.70. The highest BCUT2D eigenvalue weighted by molar-refractivity contribution is 8.14. The molecule has 5 rings (SSSR count). The lowest BCUT2D eigenvalue weighted by molar-refractivity contribution is -0.166. The Bertz CT molecular complexity index is 859. The van der Waals surface area contributed by atoms with E-state index in [1.165, 1.54) is 17.3 Å². The maximum absolute atomic E-state index is 12.1. The average Bonchev–Trinajstić information content (AvgIpc) is 3.17. The van der Waals surface area contributed by atoms with Crippen molar-refractivity contribution in [3.05, 3.63) is 23.8 Å². The van der Waals surface area contributed by atoms with Gasteiger partial charge < -0.3 is 4.74 Å². The summed E-state index contributed by atoms with van der Waals surface area (Å²) in [4.78, 5) is 36.3. The Hall–Kier alpha value is -1.36. The Kier molecular flexibility index (Phi) is 4.27. The summed E-state index contributed by atoms with van der Waals surface area (Å²) in [5.74, 6) is 1.31. The Morgan fingerprint density at radius 1 is 1.14 bits per heavy atom. The molecular formula is C24H30O4S. The van der Waals surface area contributed by atoms with Gasteiger partial charge in [-0.15, -0.1) is 0 Å². The van der Waals surface area contributed by atoms with E-state index in [0.29, 0.717) is 24.2 Å². The number of carbonyl (C=O) groups is 3. The van der Waals surface area contributed by atoms with Crippen molar-refractivity contribution in [1.29, 1.82) is 0 Å². The molecule has 4 aliphatic carbocycles. The first-order chi connectivity index (χ1) is 13.7. The summed E-state index contributed by atoms with van der Waals surface area (Å²) < 4.78 is 6.04. The van der Waals surface area contributed by atoms with Crippen molar-refractivity contribution < 1.29 is 19.1 Å². The molecule has 4 fully saturated rings. The van der Waals surface area contributed by atoms with E-state index in [9.17, 15) is 14.4 Å². The molecule has 4 nitrogen and oxygen atoms in total. The summed E-state index contributed by atoms with van der Waals surface area (Å²) >= 11 is 1.47. The summed E-state index contributed by atoms with van der Waals surface area (Å²) in [6.07, 6.45) is 12.0. The highest BCUT2D eigenvalue weighted by Gasteiger charge is 2.68. The molecule has 1 heterocycles. The summed E-state index contributed by atoms with van der Waals surface area (Å²) in [6, 6.07) is 0. The molecule has 0 amide bonds. The molecule has 3 saturated carbocycles. The SMILES string of the molecule is CC(=O)S[C@@H]1CC2=CC(=O)C=C[C@]2(C)C2CC[C@@]3(C)C(CCC34CCC(=O)O4)C21. The smallest absolute Gasteiger partial charge is 0.306 e. The largest absolute Gasteiger partial charge is 0.458 e. The molecule has 1 spiro atoms. The molecule has 5 heteroatoms. The van der Waals surface area contributed by atoms with Crippen molar-refractivity contribution in [3.8, 4) is 0 Å². The van der Waals surface area contributed by atoms with Crippen LogP contribution in [-0.4, -0.2) is 27.7 Å². The van der Waals surface area contributed by atoms with Crippen LogP contribution in [0.15, 0.2) is 23.8 Å². The van der Waals surface area contributed by atoms with Gasteiger partial charge in [0.15, 0.2) is 10.9 Å². The molecule has 0 aromatic heterocycles. The minimum Gasteiger partial charge on any atom is -0.458 e. The second-order valence-corrected chi connectivity index (χ2v) is 11.7. The number of fused-ring (bicyclic) bond motifs is 6. The number of esters is 1. The van der Waals surface area contributed by atoms with Crippen molar-refractivity contribution in [1.82, 2.24) is 0 Å². The van der Waals surface area contributed by atoms with E-state index in [4.69, 9.17) is 4.74 Å². The van der Waals surface area contributed by atoms with E-state index in [0.717, 1.165) is 38.5 Å². The van der Waals surface area contributed by atoms with E-state index in [1.807, 2.05) is 6.08 Å². The molecule has 156 valence electrons. The number of rotatable bonds is 1. The fraction of sp³-hybridized carbons (Fsp3) is 0.708. The Morgan fingerprint density at radius 2 is 1.90 bits per heavy atom. The van der Waals surface area contributed by atoms with Crippen LogP contribution in [0, 0.1) is 28.6 Å². The van der Waals surface area contributed by atoms with Gasteiger partial charge in [-0.1, -0.05) is 37.3 Å². The van der Waals surface area contributed by atoms with Crippen LogP contribution in [-0.2, 0) is 19.1 Å². The molecular weight excluding hydrogens is 384 g/mol. The minimum atomic E-state index is -0.305. The highest BCUT2D eigenvalue weighted by atomic mass is 32.2. The van der Waals surface area contributed by atoms with E-state index in [1.54, 1.807) is 13.0 Å². The maximum atomic E-state index is 12.1. The third kappa shape index (κ3) is 2.62. The fourth-order valence-corrected chi connectivity index (χ4v) is 9.00. The van der Waals surface area contributed by atoms with Crippen LogP contribution in [0.5, 0.6) is 0 Å². The second kappa shape index (κ2) is 6.32. The lowest BCUT2D eigenvalue weighted by atomic mass is 9.47. The normalized spacial score (nSPS) is 48.0. The molecule has 29 heavy (non-hydrogen) atoms. The summed E-state index contributed by atoms with van der Waals surface area (Å²) in [5.41, 5.74) is 0.784. The topological polar surface area (TPSA) is 60.4 Å². The molecule has 1 aliphatic heterocycles. The van der Waals surface area contributed by atoms with Gasteiger partial charge in [0, 0.05) is 29.4 Å². The molecule has 1 saturated heterocycles. The van der Waals surface area contributed by atoms with Crippen LogP contribution in [0.2, 0.25) is 0 Å². The maximum Gasteiger partial charge on any atom is 0.306 e. The summed E-state index contributed by atoms with van der Waals surface area (Å²) in [5, 5.41) is 0.357. The second-order valence-electron chi connectivity index (χ2n) is 10.3. The number of ether oxygens (including phenoxy) is 1. The Morgan fingerprint density at radius 3 is 2.59 bits per heavy atom. The zero-order valence-corrected chi connectivity index (χ0v) is 18.3. The molecule has 5 aliphatic rings. The lowest BCUT2D eigenvalue weighted by Crippen LogP contribution is -2.57. The number of thioether (sulfide) groups is 1. The van der Waals surface area contributed by atoms with E-state index < -0.39 is 0 Å². The number of carbonyl (C=O) groups excluding carboxylic acids is 3. The lowest BCUT2D eigenvalue weighted by Gasteiger charge is -2.60. The van der Waals surface area contributed by atoms with Crippen LogP contribution in [0.3, 0.4) is 0 Å². The molecule has 0 N–H and O–H groups in total. The Balaban J connectivity index is 1.57. The van der Waals surface area contributed by atoms with Crippen LogP contribution in [0.4, 0.5) is 0 Å². The van der Waals surface area contributed by atoms with Gasteiger partial charge in [-0.2, -0.15) is 0 Å². The van der Waals surface area contributed by atoms with Gasteiger partial charge >= 0.3 is 5.97 Å². The van der Waals surface area contributed by atoms with E-state index >= 15 is 0 Å². The predicted octanol–water partition coefficient (Wildman–Crippen LogP) is 4.63. The number of ketones is 1. The zero-order valence-electron chi connectivity index (χ0n) is 17.5. The van der Waals surface area contributed by atoms with Crippen LogP contribution in [0.1, 0.15) is 65.7 Å². The summed E-state index contributed by atoms with van der Waals surface area (Å²) in [6.45, 7) is 6.30. The first-order valence-electron chi connectivity index (χ1n) is 11.0. The third-order valence-corrected chi connectivity index (χ3v) is 10.3. The molecule has 0 aromatic carbocycles. The number of hydrogen-bond donors (Lipinski definition) is 0. The monoisotopic (exact) mass is 414 g/mol. The van der Waals surface area contributed by atoms with Crippen molar-refractivity contribution >= 4 is 28.6 Å². The first kappa shape index (κ1) is 19.6. The van der Waals surface area contributed by atoms with Gasteiger partial charge in [0.2, 0.25) is 0 Å². The summed E-state index contributed by atoms with van der Waals surface area (Å²) in [7, 11) is 0. The quantitative estimate of drug-likeness (QED) is 0.586. The Labute approximate surface area is 176 Å². The molecule has 7 atom stereocenters. The third-order valence-electron chi connectivity index (χ3n) is 9.20. The number of allylic oxidation sites excluding steroid dienone is 4. The van der Waals surface area contributed by atoms with Gasteiger partial charge in [-0.3, -0.25) is 14.4 Å². The van der Waals surface area contributed by atoms with Crippen molar-refractivity contribution in [2.24, 2.45) is 28.6 Å². The van der Waals surface area contributed by atoms with Crippen LogP contribution >= 0.6 is 11.8 Å². The van der Waals surface area contributed by atoms with Crippen molar-refractivity contribution in [2.45, 2.75) is 76.6 Å². The molecule has 0 bridgehead atoms. The van der Waals surface area contributed by atoms with E-state index in [2.05, 4.69) is 19.9 Å². The molecule has 0 aromatic rings. The van der Waals surface area contributed by atoms with Crippen molar-refractivity contribution in [2.75, 3.05) is 0 Å². The van der Waals surface area contributed by atoms with Gasteiger partial charge in [0.05, 0.1) is 0 Å². The minimum absolute atomic E-state index is 0.0122.